The minimum atomic E-state index is -3.64. The summed E-state index contributed by atoms with van der Waals surface area (Å²) in [6, 6.07) is 12.0. The minimum Gasteiger partial charge on any atom is -0.481 e. The molecule has 1 saturated carbocycles. The van der Waals surface area contributed by atoms with Crippen molar-refractivity contribution in [2.75, 3.05) is 0 Å². The molecule has 132 valence electrons. The zero-order valence-corrected chi connectivity index (χ0v) is 14.2. The van der Waals surface area contributed by atoms with Gasteiger partial charge < -0.3 is 5.11 Å². The van der Waals surface area contributed by atoms with Crippen LogP contribution in [0.2, 0.25) is 0 Å². The molecule has 0 bridgehead atoms. The molecule has 1 aliphatic carbocycles. The Labute approximate surface area is 145 Å². The van der Waals surface area contributed by atoms with Crippen molar-refractivity contribution in [3.63, 3.8) is 0 Å². The molecule has 0 atom stereocenters. The lowest BCUT2D eigenvalue weighted by Crippen LogP contribution is -2.43. The van der Waals surface area contributed by atoms with Crippen LogP contribution in [0.1, 0.15) is 29.9 Å². The topological polar surface area (TPSA) is 83.5 Å². The number of nitrogens with one attached hydrogen (secondary N) is 1. The molecular formula is C18H18FNO4S. The number of carboxylic acids is 1. The van der Waals surface area contributed by atoms with E-state index in [2.05, 4.69) is 4.72 Å². The van der Waals surface area contributed by atoms with Gasteiger partial charge in [-0.3, -0.25) is 4.79 Å². The van der Waals surface area contributed by atoms with Crippen LogP contribution in [0.3, 0.4) is 0 Å². The van der Waals surface area contributed by atoms with Gasteiger partial charge in [-0.15, -0.1) is 0 Å². The summed E-state index contributed by atoms with van der Waals surface area (Å²) in [6.07, 6.45) is 1.19. The Hall–Kier alpha value is -2.25. The van der Waals surface area contributed by atoms with Crippen LogP contribution in [0.25, 0.3) is 0 Å². The normalized spacial score (nSPS) is 20.0. The van der Waals surface area contributed by atoms with Gasteiger partial charge in [-0.25, -0.2) is 17.5 Å². The smallest absolute Gasteiger partial charge is 0.307 e. The second-order valence-electron chi connectivity index (χ2n) is 6.25. The van der Waals surface area contributed by atoms with Crippen molar-refractivity contribution in [3.8, 4) is 0 Å². The third kappa shape index (κ3) is 4.24. The van der Waals surface area contributed by atoms with Gasteiger partial charge in [0, 0.05) is 6.04 Å². The van der Waals surface area contributed by atoms with Gasteiger partial charge in [0.05, 0.1) is 11.3 Å². The molecule has 7 heteroatoms. The van der Waals surface area contributed by atoms with Gasteiger partial charge in [0.15, 0.2) is 0 Å². The Bertz CT molecular complexity index is 857. The van der Waals surface area contributed by atoms with E-state index in [4.69, 9.17) is 5.11 Å². The number of benzene rings is 2. The van der Waals surface area contributed by atoms with Gasteiger partial charge in [0.2, 0.25) is 10.0 Å². The highest BCUT2D eigenvalue weighted by atomic mass is 32.2. The maximum atomic E-state index is 12.9. The van der Waals surface area contributed by atoms with Crippen LogP contribution in [0, 0.1) is 5.82 Å². The van der Waals surface area contributed by atoms with Crippen molar-refractivity contribution in [3.05, 3.63) is 65.5 Å². The average Bonchev–Trinajstić information content (AvgIpc) is 2.52. The third-order valence-corrected chi connectivity index (χ3v) is 5.93. The lowest BCUT2D eigenvalue weighted by Gasteiger charge is -2.36. The molecule has 2 aromatic rings. The first-order valence-corrected chi connectivity index (χ1v) is 9.40. The molecule has 0 saturated heterocycles. The van der Waals surface area contributed by atoms with E-state index >= 15 is 0 Å². The van der Waals surface area contributed by atoms with Crippen molar-refractivity contribution in [2.45, 2.75) is 36.1 Å². The summed E-state index contributed by atoms with van der Waals surface area (Å²) in [7, 11) is -3.64. The molecule has 25 heavy (non-hydrogen) atoms. The maximum Gasteiger partial charge on any atom is 0.307 e. The number of hydrogen-bond acceptors (Lipinski definition) is 3. The first-order valence-electron chi connectivity index (χ1n) is 7.92. The summed E-state index contributed by atoms with van der Waals surface area (Å²) in [4.78, 5) is 10.8. The van der Waals surface area contributed by atoms with Crippen LogP contribution >= 0.6 is 0 Å². The summed E-state index contributed by atoms with van der Waals surface area (Å²) in [6.45, 7) is 0. The monoisotopic (exact) mass is 363 g/mol. The zero-order chi connectivity index (χ0) is 18.0. The molecule has 2 N–H and O–H groups in total. The van der Waals surface area contributed by atoms with Crippen LogP contribution in [-0.4, -0.2) is 25.5 Å². The molecule has 0 spiro atoms. The van der Waals surface area contributed by atoms with Crippen molar-refractivity contribution >= 4 is 16.0 Å². The second kappa shape index (κ2) is 6.93. The van der Waals surface area contributed by atoms with Gasteiger partial charge in [0.1, 0.15) is 5.82 Å². The fraction of sp³-hybridized carbons (Fsp3) is 0.278. The average molecular weight is 363 g/mol. The third-order valence-electron chi connectivity index (χ3n) is 4.39. The van der Waals surface area contributed by atoms with Gasteiger partial charge in [-0.05, 0) is 54.2 Å². The number of aliphatic carboxylic acids is 1. The molecule has 0 amide bonds. The second-order valence-corrected chi connectivity index (χ2v) is 7.97. The molecule has 0 radical (unpaired) electrons. The molecule has 0 aromatic heterocycles. The molecule has 5 nitrogen and oxygen atoms in total. The number of halogens is 1. The Morgan fingerprint density at radius 2 is 1.68 bits per heavy atom. The molecule has 0 unspecified atom stereocenters. The van der Waals surface area contributed by atoms with Crippen molar-refractivity contribution < 1.29 is 22.7 Å². The van der Waals surface area contributed by atoms with Crippen molar-refractivity contribution in [2.24, 2.45) is 0 Å². The Balaban J connectivity index is 1.59. The van der Waals surface area contributed by atoms with E-state index < -0.39 is 16.0 Å². The van der Waals surface area contributed by atoms with E-state index in [1.165, 1.54) is 36.4 Å². The number of carboxylic acid groups (broad SMARTS) is 1. The van der Waals surface area contributed by atoms with E-state index in [-0.39, 0.29) is 29.1 Å². The van der Waals surface area contributed by atoms with Crippen LogP contribution < -0.4 is 4.72 Å². The van der Waals surface area contributed by atoms with E-state index in [0.29, 0.717) is 18.4 Å². The first kappa shape index (κ1) is 17.6. The van der Waals surface area contributed by atoms with Crippen molar-refractivity contribution in [1.29, 1.82) is 0 Å². The summed E-state index contributed by atoms with van der Waals surface area (Å²) in [5.74, 6) is -1.02. The van der Waals surface area contributed by atoms with Gasteiger partial charge in [0.25, 0.3) is 0 Å². The fourth-order valence-electron chi connectivity index (χ4n) is 2.97. The number of rotatable bonds is 6. The molecule has 1 aliphatic rings. The Kier molecular flexibility index (Phi) is 4.87. The van der Waals surface area contributed by atoms with E-state index in [0.717, 1.165) is 5.56 Å². The molecule has 3 rings (SSSR count). The fourth-order valence-corrected chi connectivity index (χ4v) is 4.23. The quantitative estimate of drug-likeness (QED) is 0.827. The first-order chi connectivity index (χ1) is 11.8. The van der Waals surface area contributed by atoms with Crippen LogP contribution in [0.15, 0.2) is 53.4 Å². The summed E-state index contributed by atoms with van der Waals surface area (Å²) < 4.78 is 40.4. The Morgan fingerprint density at radius 1 is 1.08 bits per heavy atom. The number of hydrogen-bond donors (Lipinski definition) is 2. The predicted molar refractivity (Wildman–Crippen MR) is 90.3 cm³/mol. The highest BCUT2D eigenvalue weighted by Gasteiger charge is 2.33. The van der Waals surface area contributed by atoms with Crippen LogP contribution in [-0.2, 0) is 21.2 Å². The highest BCUT2D eigenvalue weighted by molar-refractivity contribution is 7.89. The SMILES string of the molecule is O=C(O)Cc1ccc(S(=O)(=O)NC2CC(c3ccc(F)cc3)C2)cc1. The largest absolute Gasteiger partial charge is 0.481 e. The van der Waals surface area contributed by atoms with E-state index in [1.54, 1.807) is 12.1 Å². The molecule has 0 heterocycles. The van der Waals surface area contributed by atoms with Gasteiger partial charge in [-0.1, -0.05) is 24.3 Å². The zero-order valence-electron chi connectivity index (χ0n) is 13.4. The molecule has 0 aliphatic heterocycles. The van der Waals surface area contributed by atoms with E-state index in [9.17, 15) is 17.6 Å². The maximum absolute atomic E-state index is 12.9. The van der Waals surface area contributed by atoms with E-state index in [1.807, 2.05) is 0 Å². The summed E-state index contributed by atoms with van der Waals surface area (Å²) in [5.41, 5.74) is 1.56. The number of sulfonamides is 1. The lowest BCUT2D eigenvalue weighted by atomic mass is 9.76. The summed E-state index contributed by atoms with van der Waals surface area (Å²) in [5, 5.41) is 8.74. The predicted octanol–water partition coefficient (Wildman–Crippen LogP) is 2.68. The Morgan fingerprint density at radius 3 is 2.24 bits per heavy atom. The van der Waals surface area contributed by atoms with Crippen LogP contribution in [0.5, 0.6) is 0 Å². The van der Waals surface area contributed by atoms with Gasteiger partial charge in [-0.2, -0.15) is 0 Å². The molecule has 1 fully saturated rings. The molecular weight excluding hydrogens is 345 g/mol. The standard InChI is InChI=1S/C18H18FNO4S/c19-15-5-3-13(4-6-15)14-10-16(11-14)20-25(23,24)17-7-1-12(2-8-17)9-18(21)22/h1-8,14,16,20H,9-11H2,(H,21,22). The van der Waals surface area contributed by atoms with Gasteiger partial charge >= 0.3 is 5.97 Å². The van der Waals surface area contributed by atoms with Crippen LogP contribution in [0.4, 0.5) is 4.39 Å². The summed E-state index contributed by atoms with van der Waals surface area (Å²) >= 11 is 0. The van der Waals surface area contributed by atoms with Crippen molar-refractivity contribution in [1.82, 2.24) is 4.72 Å². The number of carbonyl (C=O) groups is 1. The minimum absolute atomic E-state index is 0.117. The highest BCUT2D eigenvalue weighted by Crippen LogP contribution is 2.37. The lowest BCUT2D eigenvalue weighted by molar-refractivity contribution is -0.136. The molecule has 2 aromatic carbocycles.